The molecule has 0 aliphatic carbocycles. The van der Waals surface area contributed by atoms with Crippen LogP contribution in [0.5, 0.6) is 0 Å². The largest absolute Gasteiger partial charge is 0.269 e. The highest BCUT2D eigenvalue weighted by Crippen LogP contribution is 2.28. The number of non-ortho nitro benzene ring substituents is 1. The van der Waals surface area contributed by atoms with Gasteiger partial charge in [-0.3, -0.25) is 10.1 Å². The predicted molar refractivity (Wildman–Crippen MR) is 73.7 cm³/mol. The lowest BCUT2D eigenvalue weighted by atomic mass is 10.3. The number of nitrogens with zero attached hydrogens (tertiary/aromatic N) is 3. The van der Waals surface area contributed by atoms with E-state index in [1.54, 1.807) is 12.1 Å². The molecule has 1 heterocycles. The van der Waals surface area contributed by atoms with Crippen LogP contribution in [0.15, 0.2) is 34.3 Å². The molecule has 0 aliphatic heterocycles. The third-order valence-electron chi connectivity index (χ3n) is 2.57. The minimum atomic E-state index is -0.433. The number of aryl methyl sites for hydroxylation is 1. The molecular formula is C12H10ClN3O2S. The predicted octanol–water partition coefficient (Wildman–Crippen LogP) is 3.81. The van der Waals surface area contributed by atoms with Crippen molar-refractivity contribution in [1.82, 2.24) is 9.97 Å². The third kappa shape index (κ3) is 3.21. The number of rotatable bonds is 3. The summed E-state index contributed by atoms with van der Waals surface area (Å²) in [5.74, 6) is 0. The van der Waals surface area contributed by atoms with E-state index in [0.717, 1.165) is 16.2 Å². The van der Waals surface area contributed by atoms with Crippen LogP contribution in [-0.2, 0) is 0 Å². The van der Waals surface area contributed by atoms with Gasteiger partial charge in [0.25, 0.3) is 5.69 Å². The minimum Gasteiger partial charge on any atom is -0.258 e. The Morgan fingerprint density at radius 2 is 1.84 bits per heavy atom. The third-order valence-corrected chi connectivity index (χ3v) is 3.81. The normalized spacial score (nSPS) is 10.5. The molecule has 1 aromatic heterocycles. The summed E-state index contributed by atoms with van der Waals surface area (Å²) in [6.45, 7) is 3.72. The zero-order valence-corrected chi connectivity index (χ0v) is 11.8. The number of aromatic nitrogens is 2. The highest BCUT2D eigenvalue weighted by atomic mass is 35.5. The van der Waals surface area contributed by atoms with Crippen LogP contribution in [0.25, 0.3) is 0 Å². The number of hydrogen-bond acceptors (Lipinski definition) is 5. The summed E-state index contributed by atoms with van der Waals surface area (Å²) in [5.41, 5.74) is 1.74. The van der Waals surface area contributed by atoms with Crippen LogP contribution >= 0.6 is 23.4 Å². The van der Waals surface area contributed by atoms with Crippen LogP contribution in [0.2, 0.25) is 5.15 Å². The molecule has 0 aliphatic rings. The number of halogens is 1. The summed E-state index contributed by atoms with van der Waals surface area (Å²) in [5, 5.41) is 11.5. The lowest BCUT2D eigenvalue weighted by Crippen LogP contribution is -1.95. The van der Waals surface area contributed by atoms with E-state index in [4.69, 9.17) is 11.6 Å². The van der Waals surface area contributed by atoms with E-state index in [-0.39, 0.29) is 5.69 Å². The molecule has 5 nitrogen and oxygen atoms in total. The quantitative estimate of drug-likeness (QED) is 0.373. The van der Waals surface area contributed by atoms with Gasteiger partial charge in [0.2, 0.25) is 0 Å². The molecule has 0 unspecified atom stereocenters. The standard InChI is InChI=1S/C12H10ClN3O2S/c1-7-8(2)14-12(15-11(7)13)19-10-5-3-9(4-6-10)16(17)18/h3-6H,1-2H3. The Hall–Kier alpha value is -1.66. The van der Waals surface area contributed by atoms with Gasteiger partial charge in [-0.25, -0.2) is 9.97 Å². The topological polar surface area (TPSA) is 68.9 Å². The Kier molecular flexibility index (Phi) is 4.01. The van der Waals surface area contributed by atoms with E-state index in [1.807, 2.05) is 13.8 Å². The molecule has 0 spiro atoms. The molecule has 0 bridgehead atoms. The average Bonchev–Trinajstić information content (AvgIpc) is 2.36. The second-order valence-electron chi connectivity index (χ2n) is 3.86. The molecule has 0 amide bonds. The molecule has 0 saturated carbocycles. The van der Waals surface area contributed by atoms with E-state index in [1.165, 1.54) is 23.9 Å². The first-order valence-electron chi connectivity index (χ1n) is 5.40. The van der Waals surface area contributed by atoms with Crippen molar-refractivity contribution in [3.8, 4) is 0 Å². The Morgan fingerprint density at radius 3 is 2.37 bits per heavy atom. The molecule has 2 aromatic rings. The lowest BCUT2D eigenvalue weighted by Gasteiger charge is -2.05. The zero-order chi connectivity index (χ0) is 14.0. The van der Waals surface area contributed by atoms with E-state index < -0.39 is 4.92 Å². The highest BCUT2D eigenvalue weighted by Gasteiger charge is 2.09. The summed E-state index contributed by atoms with van der Waals surface area (Å²) in [7, 11) is 0. The molecule has 0 radical (unpaired) electrons. The maximum absolute atomic E-state index is 10.6. The fourth-order valence-electron chi connectivity index (χ4n) is 1.36. The van der Waals surface area contributed by atoms with E-state index in [2.05, 4.69) is 9.97 Å². The van der Waals surface area contributed by atoms with Crippen LogP contribution < -0.4 is 0 Å². The highest BCUT2D eigenvalue weighted by molar-refractivity contribution is 7.99. The first-order chi connectivity index (χ1) is 8.97. The minimum absolute atomic E-state index is 0.0587. The Morgan fingerprint density at radius 1 is 1.21 bits per heavy atom. The molecule has 98 valence electrons. The first kappa shape index (κ1) is 13.8. The van der Waals surface area contributed by atoms with Gasteiger partial charge >= 0.3 is 0 Å². The fourth-order valence-corrected chi connectivity index (χ4v) is 2.43. The van der Waals surface area contributed by atoms with E-state index >= 15 is 0 Å². The number of nitro groups is 1. The Bertz CT molecular complexity index is 608. The van der Waals surface area contributed by atoms with Crippen LogP contribution in [0.1, 0.15) is 11.3 Å². The Balaban J connectivity index is 2.24. The van der Waals surface area contributed by atoms with Crippen molar-refractivity contribution >= 4 is 29.1 Å². The molecule has 0 atom stereocenters. The molecule has 2 rings (SSSR count). The summed E-state index contributed by atoms with van der Waals surface area (Å²) in [6, 6.07) is 6.22. The van der Waals surface area contributed by atoms with Crippen molar-refractivity contribution < 1.29 is 4.92 Å². The van der Waals surface area contributed by atoms with Gasteiger partial charge in [0.15, 0.2) is 5.16 Å². The van der Waals surface area contributed by atoms with Crippen molar-refractivity contribution in [2.24, 2.45) is 0 Å². The second kappa shape index (κ2) is 5.54. The van der Waals surface area contributed by atoms with Crippen LogP contribution in [0.3, 0.4) is 0 Å². The number of benzene rings is 1. The number of nitro benzene ring substituents is 1. The van der Waals surface area contributed by atoms with Gasteiger partial charge in [-0.15, -0.1) is 0 Å². The maximum Gasteiger partial charge on any atom is 0.269 e. The average molecular weight is 296 g/mol. The first-order valence-corrected chi connectivity index (χ1v) is 6.60. The van der Waals surface area contributed by atoms with Gasteiger partial charge in [0.1, 0.15) is 5.15 Å². The van der Waals surface area contributed by atoms with Crippen LogP contribution in [0.4, 0.5) is 5.69 Å². The Labute approximate surface area is 119 Å². The molecule has 1 aromatic carbocycles. The summed E-state index contributed by atoms with van der Waals surface area (Å²) < 4.78 is 0. The van der Waals surface area contributed by atoms with Gasteiger partial charge in [0.05, 0.1) is 4.92 Å². The van der Waals surface area contributed by atoms with Gasteiger partial charge in [-0.2, -0.15) is 0 Å². The van der Waals surface area contributed by atoms with E-state index in [0.29, 0.717) is 10.3 Å². The van der Waals surface area contributed by atoms with E-state index in [9.17, 15) is 10.1 Å². The molecule has 0 fully saturated rings. The van der Waals surface area contributed by atoms with Crippen LogP contribution in [-0.4, -0.2) is 14.9 Å². The molecule has 7 heteroatoms. The summed E-state index contributed by atoms with van der Waals surface area (Å²) in [6.07, 6.45) is 0. The molecule has 19 heavy (non-hydrogen) atoms. The van der Waals surface area contributed by atoms with Gasteiger partial charge in [-0.1, -0.05) is 11.6 Å². The lowest BCUT2D eigenvalue weighted by molar-refractivity contribution is -0.384. The van der Waals surface area contributed by atoms with Crippen LogP contribution in [0, 0.1) is 24.0 Å². The van der Waals surface area contributed by atoms with Crippen molar-refractivity contribution in [1.29, 1.82) is 0 Å². The fraction of sp³-hybridized carbons (Fsp3) is 0.167. The van der Waals surface area contributed by atoms with Gasteiger partial charge in [-0.05, 0) is 37.7 Å². The van der Waals surface area contributed by atoms with Crippen molar-refractivity contribution in [2.45, 2.75) is 23.9 Å². The smallest absolute Gasteiger partial charge is 0.258 e. The SMILES string of the molecule is Cc1nc(Sc2ccc([N+](=O)[O-])cc2)nc(Cl)c1C. The zero-order valence-electron chi connectivity index (χ0n) is 10.3. The monoisotopic (exact) mass is 295 g/mol. The van der Waals surface area contributed by atoms with Gasteiger partial charge < -0.3 is 0 Å². The maximum atomic E-state index is 10.6. The molecular weight excluding hydrogens is 286 g/mol. The summed E-state index contributed by atoms with van der Waals surface area (Å²) >= 11 is 7.31. The molecule has 0 saturated heterocycles. The van der Waals surface area contributed by atoms with Gasteiger partial charge in [0, 0.05) is 28.3 Å². The second-order valence-corrected chi connectivity index (χ2v) is 5.26. The van der Waals surface area contributed by atoms with Crippen molar-refractivity contribution in [3.63, 3.8) is 0 Å². The summed E-state index contributed by atoms with van der Waals surface area (Å²) in [4.78, 5) is 19.4. The van der Waals surface area contributed by atoms with Crippen molar-refractivity contribution in [2.75, 3.05) is 0 Å². The van der Waals surface area contributed by atoms with Crippen molar-refractivity contribution in [3.05, 3.63) is 50.8 Å². The number of hydrogen-bond donors (Lipinski definition) is 0. The molecule has 0 N–H and O–H groups in total.